The van der Waals surface area contributed by atoms with Gasteiger partial charge in [-0.15, -0.1) is 0 Å². The quantitative estimate of drug-likeness (QED) is 0.249. The first kappa shape index (κ1) is 22.0. The molecule has 1 aliphatic heterocycles. The normalized spacial score (nSPS) is 14.9. The molecule has 0 saturated heterocycles. The molecule has 172 valence electrons. The van der Waals surface area contributed by atoms with Crippen molar-refractivity contribution in [2.75, 3.05) is 0 Å². The van der Waals surface area contributed by atoms with Crippen LogP contribution >= 0.6 is 0 Å². The van der Waals surface area contributed by atoms with E-state index in [2.05, 4.69) is 4.18 Å². The summed E-state index contributed by atoms with van der Waals surface area (Å²) < 4.78 is 72.1. The topological polar surface area (TPSA) is 52.6 Å². The molecule has 0 spiro atoms. The summed E-state index contributed by atoms with van der Waals surface area (Å²) in [4.78, 5) is 0. The molecule has 4 aromatic rings. The van der Waals surface area contributed by atoms with E-state index in [0.29, 0.717) is 22.1 Å². The van der Waals surface area contributed by atoms with E-state index in [4.69, 9.17) is 4.74 Å². The highest BCUT2D eigenvalue weighted by atomic mass is 32.2. The van der Waals surface area contributed by atoms with Gasteiger partial charge in [-0.25, -0.2) is 0 Å². The van der Waals surface area contributed by atoms with Crippen LogP contribution in [0.25, 0.3) is 16.8 Å². The molecule has 0 aliphatic carbocycles. The van der Waals surface area contributed by atoms with E-state index >= 15 is 0 Å². The van der Waals surface area contributed by atoms with Gasteiger partial charge in [0.1, 0.15) is 11.5 Å². The van der Waals surface area contributed by atoms with Gasteiger partial charge in [0.2, 0.25) is 0 Å². The molecule has 34 heavy (non-hydrogen) atoms. The summed E-state index contributed by atoms with van der Waals surface area (Å²) in [6, 6.07) is 26.8. The third-order valence-electron chi connectivity index (χ3n) is 5.65. The van der Waals surface area contributed by atoms with Crippen molar-refractivity contribution < 1.29 is 30.5 Å². The Hall–Kier alpha value is -3.78. The van der Waals surface area contributed by atoms with Gasteiger partial charge in [0.25, 0.3) is 0 Å². The number of benzene rings is 4. The SMILES string of the molecule is O=S(=O)(Oc1ccc2ccc3c(c2c1)C=CC(c1ccccc1)(c1ccccc1)O3)C(F)(F)F. The molecule has 0 N–H and O–H groups in total. The van der Waals surface area contributed by atoms with Gasteiger partial charge >= 0.3 is 15.6 Å². The standard InChI is InChI=1S/C26H17F3O4S/c27-26(28,29)34(30,31)33-21-13-11-18-12-14-24-22(23(18)17-21)15-16-25(32-24,19-7-3-1-4-8-19)20-9-5-2-6-10-20/h1-17H. The van der Waals surface area contributed by atoms with Crippen LogP contribution < -0.4 is 8.92 Å². The summed E-state index contributed by atoms with van der Waals surface area (Å²) in [7, 11) is -5.78. The molecule has 4 nitrogen and oxygen atoms in total. The predicted octanol–water partition coefficient (Wildman–Crippen LogP) is 6.42. The van der Waals surface area contributed by atoms with Crippen molar-refractivity contribution >= 4 is 27.0 Å². The summed E-state index contributed by atoms with van der Waals surface area (Å²) >= 11 is 0. The molecule has 0 amide bonds. The van der Waals surface area contributed by atoms with Gasteiger partial charge in [0, 0.05) is 16.7 Å². The molecule has 0 aromatic heterocycles. The van der Waals surface area contributed by atoms with E-state index in [1.807, 2.05) is 72.8 Å². The largest absolute Gasteiger partial charge is 0.534 e. The second kappa shape index (κ2) is 7.92. The Balaban J connectivity index is 1.63. The van der Waals surface area contributed by atoms with Crippen molar-refractivity contribution in [3.05, 3.63) is 114 Å². The lowest BCUT2D eigenvalue weighted by atomic mass is 9.83. The fourth-order valence-electron chi connectivity index (χ4n) is 4.05. The Bertz CT molecular complexity index is 1460. The van der Waals surface area contributed by atoms with E-state index in [9.17, 15) is 21.6 Å². The maximum absolute atomic E-state index is 12.8. The van der Waals surface area contributed by atoms with Crippen LogP contribution in [0.1, 0.15) is 16.7 Å². The van der Waals surface area contributed by atoms with E-state index in [0.717, 1.165) is 11.1 Å². The van der Waals surface area contributed by atoms with Crippen molar-refractivity contribution in [3.63, 3.8) is 0 Å². The lowest BCUT2D eigenvalue weighted by Gasteiger charge is -2.36. The zero-order valence-electron chi connectivity index (χ0n) is 17.5. The Morgan fingerprint density at radius 3 is 1.97 bits per heavy atom. The van der Waals surface area contributed by atoms with E-state index < -0.39 is 27.0 Å². The molecule has 1 heterocycles. The van der Waals surface area contributed by atoms with Gasteiger partial charge in [-0.1, -0.05) is 72.8 Å². The third kappa shape index (κ3) is 3.70. The molecule has 4 aromatic carbocycles. The summed E-state index contributed by atoms with van der Waals surface area (Å²) in [5.74, 6) is 0.0631. The second-order valence-electron chi connectivity index (χ2n) is 7.75. The number of hydrogen-bond donors (Lipinski definition) is 0. The zero-order chi connectivity index (χ0) is 24.0. The first-order valence-electron chi connectivity index (χ1n) is 10.3. The molecular formula is C26H17F3O4S. The second-order valence-corrected chi connectivity index (χ2v) is 9.28. The predicted molar refractivity (Wildman–Crippen MR) is 123 cm³/mol. The van der Waals surface area contributed by atoms with Crippen LogP contribution in [0, 0.1) is 0 Å². The van der Waals surface area contributed by atoms with Crippen molar-refractivity contribution in [3.8, 4) is 11.5 Å². The Morgan fingerprint density at radius 1 is 0.794 bits per heavy atom. The summed E-state index contributed by atoms with van der Waals surface area (Å²) in [6.07, 6.45) is 3.72. The van der Waals surface area contributed by atoms with Crippen LogP contribution in [0.15, 0.2) is 97.1 Å². The third-order valence-corrected chi connectivity index (χ3v) is 6.62. The molecule has 1 aliphatic rings. The minimum atomic E-state index is -5.78. The van der Waals surface area contributed by atoms with Gasteiger partial charge in [0.05, 0.1) is 0 Å². The fourth-order valence-corrected chi connectivity index (χ4v) is 4.50. The molecule has 8 heteroatoms. The van der Waals surface area contributed by atoms with Crippen LogP contribution in [0.4, 0.5) is 13.2 Å². The van der Waals surface area contributed by atoms with Crippen LogP contribution in [-0.4, -0.2) is 13.9 Å². The first-order valence-corrected chi connectivity index (χ1v) is 11.7. The summed E-state index contributed by atoms with van der Waals surface area (Å²) in [6.45, 7) is 0. The smallest absolute Gasteiger partial charge is 0.473 e. The van der Waals surface area contributed by atoms with Crippen LogP contribution in [-0.2, 0) is 15.7 Å². The van der Waals surface area contributed by atoms with E-state index in [1.165, 1.54) is 18.2 Å². The molecule has 0 unspecified atom stereocenters. The molecule has 0 atom stereocenters. The van der Waals surface area contributed by atoms with Gasteiger partial charge in [0.15, 0.2) is 5.60 Å². The fraction of sp³-hybridized carbons (Fsp3) is 0.0769. The molecule has 0 radical (unpaired) electrons. The number of rotatable bonds is 4. The highest BCUT2D eigenvalue weighted by molar-refractivity contribution is 7.88. The van der Waals surface area contributed by atoms with Crippen LogP contribution in [0.5, 0.6) is 11.5 Å². The van der Waals surface area contributed by atoms with Crippen molar-refractivity contribution in [2.24, 2.45) is 0 Å². The molecular weight excluding hydrogens is 465 g/mol. The highest BCUT2D eigenvalue weighted by Crippen LogP contribution is 2.44. The minimum absolute atomic E-state index is 0.436. The lowest BCUT2D eigenvalue weighted by molar-refractivity contribution is -0.0500. The molecule has 0 fully saturated rings. The molecule has 0 saturated carbocycles. The van der Waals surface area contributed by atoms with Gasteiger partial charge in [-0.2, -0.15) is 21.6 Å². The maximum atomic E-state index is 12.8. The van der Waals surface area contributed by atoms with Gasteiger partial charge in [-0.3, -0.25) is 0 Å². The molecule has 5 rings (SSSR count). The average Bonchev–Trinajstić information content (AvgIpc) is 2.83. The molecule has 0 bridgehead atoms. The maximum Gasteiger partial charge on any atom is 0.534 e. The van der Waals surface area contributed by atoms with Crippen molar-refractivity contribution in [1.82, 2.24) is 0 Å². The summed E-state index contributed by atoms with van der Waals surface area (Å²) in [5.41, 5.74) is -4.04. The Morgan fingerprint density at radius 2 is 1.38 bits per heavy atom. The van der Waals surface area contributed by atoms with Gasteiger partial charge in [-0.05, 0) is 41.1 Å². The monoisotopic (exact) mass is 482 g/mol. The van der Waals surface area contributed by atoms with E-state index in [-0.39, 0.29) is 0 Å². The Kier molecular flexibility index (Phi) is 5.13. The van der Waals surface area contributed by atoms with Crippen molar-refractivity contribution in [2.45, 2.75) is 11.1 Å². The van der Waals surface area contributed by atoms with E-state index in [1.54, 1.807) is 12.1 Å². The minimum Gasteiger partial charge on any atom is -0.473 e. The Labute approximate surface area is 194 Å². The van der Waals surface area contributed by atoms with Crippen LogP contribution in [0.2, 0.25) is 0 Å². The summed E-state index contributed by atoms with van der Waals surface area (Å²) in [5, 5.41) is 1.19. The average molecular weight is 482 g/mol. The number of hydrogen-bond acceptors (Lipinski definition) is 4. The van der Waals surface area contributed by atoms with Crippen LogP contribution in [0.3, 0.4) is 0 Å². The van der Waals surface area contributed by atoms with Gasteiger partial charge < -0.3 is 8.92 Å². The van der Waals surface area contributed by atoms with Crippen molar-refractivity contribution in [1.29, 1.82) is 0 Å². The first-order chi connectivity index (χ1) is 16.2. The highest BCUT2D eigenvalue weighted by Gasteiger charge is 2.48. The number of ether oxygens (including phenoxy) is 1. The zero-order valence-corrected chi connectivity index (χ0v) is 18.3. The lowest BCUT2D eigenvalue weighted by Crippen LogP contribution is -2.34. The number of fused-ring (bicyclic) bond motifs is 3. The number of halogens is 3. The number of alkyl halides is 3.